The second-order valence-corrected chi connectivity index (χ2v) is 9.96. The number of hydrogen-bond donors (Lipinski definition) is 5. The summed E-state index contributed by atoms with van der Waals surface area (Å²) in [6.45, 7) is 3.79. The molecule has 2 heterocycles. The van der Waals surface area contributed by atoms with Gasteiger partial charge in [0.05, 0.1) is 28.8 Å². The molecule has 0 unspecified atom stereocenters. The number of aromatic nitrogens is 3. The van der Waals surface area contributed by atoms with E-state index in [4.69, 9.17) is 23.2 Å². The van der Waals surface area contributed by atoms with Crippen LogP contribution in [-0.2, 0) is 6.54 Å². The highest BCUT2D eigenvalue weighted by atomic mass is 35.5. The molecular weight excluding hydrogens is 529 g/mol. The Bertz CT molecular complexity index is 1240. The van der Waals surface area contributed by atoms with E-state index in [-0.39, 0.29) is 41.9 Å². The largest absolute Gasteiger partial charge is 0.395 e. The van der Waals surface area contributed by atoms with E-state index in [1.54, 1.807) is 41.4 Å². The van der Waals surface area contributed by atoms with Crippen LogP contribution < -0.4 is 20.9 Å². The number of anilines is 4. The van der Waals surface area contributed by atoms with Crippen molar-refractivity contribution in [2.24, 2.45) is 5.92 Å². The van der Waals surface area contributed by atoms with Crippen LogP contribution >= 0.6 is 23.2 Å². The average molecular weight is 560 g/mol. The smallest absolute Gasteiger partial charge is 0.258 e. The van der Waals surface area contributed by atoms with Gasteiger partial charge in [-0.2, -0.15) is 4.98 Å². The number of carbonyl (C=O) groups is 1. The summed E-state index contributed by atoms with van der Waals surface area (Å²) in [6, 6.07) is 8.57. The van der Waals surface area contributed by atoms with E-state index in [0.29, 0.717) is 35.5 Å². The number of nitrogens with one attached hydrogen (secondary N) is 3. The Kier molecular flexibility index (Phi) is 9.70. The maximum Gasteiger partial charge on any atom is 0.258 e. The monoisotopic (exact) mass is 559 g/mol. The molecule has 202 valence electrons. The fourth-order valence-electron chi connectivity index (χ4n) is 3.90. The van der Waals surface area contributed by atoms with Crippen molar-refractivity contribution in [3.8, 4) is 0 Å². The number of aryl methyl sites for hydroxylation is 1. The lowest BCUT2D eigenvalue weighted by molar-refractivity contribution is 0.102. The molecule has 1 aliphatic carbocycles. The topological polar surface area (TPSA) is 136 Å². The van der Waals surface area contributed by atoms with E-state index in [1.165, 1.54) is 12.8 Å². The van der Waals surface area contributed by atoms with Crippen molar-refractivity contribution in [3.05, 3.63) is 63.4 Å². The first-order chi connectivity index (χ1) is 18.4. The first-order valence-corrected chi connectivity index (χ1v) is 13.2. The van der Waals surface area contributed by atoms with Crippen LogP contribution in [0.5, 0.6) is 0 Å². The second-order valence-electron chi connectivity index (χ2n) is 9.15. The minimum Gasteiger partial charge on any atom is -0.395 e. The molecular formula is C26H31Cl2N7O3. The summed E-state index contributed by atoms with van der Waals surface area (Å²) in [7, 11) is 0. The molecule has 38 heavy (non-hydrogen) atoms. The standard InChI is InChI=1S/C26H31Cl2N7O3/c1-16-10-23(34-26(31-16)35(6-8-36)7-9-37)33-22-13-19(4-5-30-22)32-25(38)24-20(27)11-18(12-21(24)28)15-29-14-17-2-3-17/h4-5,10-13,17,29,36-37H,2-3,6-9,14-15H2,1H3,(H2,30,31,32,33,34,38). The van der Waals surface area contributed by atoms with Gasteiger partial charge in [-0.25, -0.2) is 9.97 Å². The third-order valence-electron chi connectivity index (χ3n) is 5.93. The van der Waals surface area contributed by atoms with Crippen LogP contribution in [0.4, 0.5) is 23.3 Å². The summed E-state index contributed by atoms with van der Waals surface area (Å²) in [5.41, 5.74) is 2.31. The Morgan fingerprint density at radius 1 is 1.05 bits per heavy atom. The molecule has 2 aromatic heterocycles. The van der Waals surface area contributed by atoms with Crippen LogP contribution in [-0.4, -0.2) is 63.9 Å². The number of nitrogens with zero attached hydrogens (tertiary/aromatic N) is 4. The van der Waals surface area contributed by atoms with Crippen molar-refractivity contribution in [1.29, 1.82) is 0 Å². The Labute approximate surface area is 231 Å². The molecule has 10 nitrogen and oxygen atoms in total. The quantitative estimate of drug-likeness (QED) is 0.212. The number of carbonyl (C=O) groups excluding carboxylic acids is 1. The van der Waals surface area contributed by atoms with E-state index in [1.807, 2.05) is 6.92 Å². The SMILES string of the molecule is Cc1cc(Nc2cc(NC(=O)c3c(Cl)cc(CNCC4CC4)cc3Cl)ccn2)nc(N(CCO)CCO)n1. The van der Waals surface area contributed by atoms with Crippen LogP contribution in [0.3, 0.4) is 0 Å². The lowest BCUT2D eigenvalue weighted by Gasteiger charge is -2.21. The Morgan fingerprint density at radius 3 is 2.42 bits per heavy atom. The minimum atomic E-state index is -0.432. The van der Waals surface area contributed by atoms with E-state index in [0.717, 1.165) is 18.0 Å². The number of rotatable bonds is 13. The Hall–Kier alpha value is -3.02. The molecule has 1 aromatic carbocycles. The molecule has 0 atom stereocenters. The first-order valence-electron chi connectivity index (χ1n) is 12.4. The predicted octanol–water partition coefficient (Wildman–Crippen LogP) is 3.77. The van der Waals surface area contributed by atoms with Gasteiger partial charge < -0.3 is 31.1 Å². The van der Waals surface area contributed by atoms with E-state index in [9.17, 15) is 15.0 Å². The fourth-order valence-corrected chi connectivity index (χ4v) is 4.60. The molecule has 0 bridgehead atoms. The number of aliphatic hydroxyl groups is 2. The second kappa shape index (κ2) is 13.2. The van der Waals surface area contributed by atoms with Gasteiger partial charge in [-0.3, -0.25) is 4.79 Å². The van der Waals surface area contributed by atoms with Gasteiger partial charge in [-0.1, -0.05) is 23.2 Å². The van der Waals surface area contributed by atoms with E-state index >= 15 is 0 Å². The highest BCUT2D eigenvalue weighted by Gasteiger charge is 2.21. The lowest BCUT2D eigenvalue weighted by Crippen LogP contribution is -2.31. The molecule has 3 aromatic rings. The van der Waals surface area contributed by atoms with Crippen LogP contribution in [0.1, 0.15) is 34.5 Å². The van der Waals surface area contributed by atoms with Gasteiger partial charge in [0.2, 0.25) is 5.95 Å². The van der Waals surface area contributed by atoms with Crippen molar-refractivity contribution in [3.63, 3.8) is 0 Å². The minimum absolute atomic E-state index is 0.0998. The third-order valence-corrected chi connectivity index (χ3v) is 6.52. The third kappa shape index (κ3) is 7.75. The van der Waals surface area contributed by atoms with Crippen molar-refractivity contribution in [2.75, 3.05) is 48.4 Å². The molecule has 1 saturated carbocycles. The van der Waals surface area contributed by atoms with Gasteiger partial charge in [0.1, 0.15) is 11.6 Å². The number of benzene rings is 1. The molecule has 1 aliphatic rings. The van der Waals surface area contributed by atoms with Crippen molar-refractivity contribution >= 4 is 52.4 Å². The van der Waals surface area contributed by atoms with E-state index in [2.05, 4.69) is 30.9 Å². The highest BCUT2D eigenvalue weighted by Crippen LogP contribution is 2.30. The van der Waals surface area contributed by atoms with Crippen molar-refractivity contribution in [1.82, 2.24) is 20.3 Å². The maximum atomic E-state index is 13.0. The summed E-state index contributed by atoms with van der Waals surface area (Å²) in [4.78, 5) is 27.9. The van der Waals surface area contributed by atoms with Gasteiger partial charge in [0.25, 0.3) is 5.91 Å². The zero-order valence-corrected chi connectivity index (χ0v) is 22.6. The van der Waals surface area contributed by atoms with Gasteiger partial charge in [-0.05, 0) is 56.0 Å². The molecule has 0 saturated heterocycles. The zero-order valence-electron chi connectivity index (χ0n) is 21.0. The van der Waals surface area contributed by atoms with E-state index < -0.39 is 5.91 Å². The number of amides is 1. The van der Waals surface area contributed by atoms with Crippen molar-refractivity contribution < 1.29 is 15.0 Å². The summed E-state index contributed by atoms with van der Waals surface area (Å²) in [5, 5.41) is 28.6. The molecule has 0 aliphatic heterocycles. The lowest BCUT2D eigenvalue weighted by atomic mass is 10.1. The number of hydrogen-bond acceptors (Lipinski definition) is 9. The van der Waals surface area contributed by atoms with Gasteiger partial charge in [0, 0.05) is 49.3 Å². The first kappa shape index (κ1) is 28.0. The molecule has 1 fully saturated rings. The molecule has 0 radical (unpaired) electrons. The molecule has 12 heteroatoms. The molecule has 4 rings (SSSR count). The average Bonchev–Trinajstić information content (AvgIpc) is 3.68. The van der Waals surface area contributed by atoms with Crippen molar-refractivity contribution in [2.45, 2.75) is 26.3 Å². The highest BCUT2D eigenvalue weighted by molar-refractivity contribution is 6.40. The molecule has 5 N–H and O–H groups in total. The van der Waals surface area contributed by atoms with Crippen LogP contribution in [0.25, 0.3) is 0 Å². The normalized spacial score (nSPS) is 12.9. The summed E-state index contributed by atoms with van der Waals surface area (Å²) in [6.07, 6.45) is 4.09. The molecule has 0 spiro atoms. The number of aliphatic hydroxyl groups excluding tert-OH is 2. The molecule has 1 amide bonds. The van der Waals surface area contributed by atoms with Gasteiger partial charge in [-0.15, -0.1) is 0 Å². The van der Waals surface area contributed by atoms with Crippen LogP contribution in [0.2, 0.25) is 10.0 Å². The summed E-state index contributed by atoms with van der Waals surface area (Å²) < 4.78 is 0. The fraction of sp³-hybridized carbons (Fsp3) is 0.385. The number of pyridine rings is 1. The zero-order chi connectivity index (χ0) is 27.1. The number of halogens is 2. The van der Waals surface area contributed by atoms with Crippen LogP contribution in [0, 0.1) is 12.8 Å². The maximum absolute atomic E-state index is 13.0. The van der Waals surface area contributed by atoms with Gasteiger partial charge >= 0.3 is 0 Å². The summed E-state index contributed by atoms with van der Waals surface area (Å²) in [5.74, 6) is 1.62. The summed E-state index contributed by atoms with van der Waals surface area (Å²) >= 11 is 12.9. The Morgan fingerprint density at radius 2 is 1.76 bits per heavy atom. The predicted molar refractivity (Wildman–Crippen MR) is 150 cm³/mol. The van der Waals surface area contributed by atoms with Gasteiger partial charge in [0.15, 0.2) is 0 Å². The van der Waals surface area contributed by atoms with Crippen LogP contribution in [0.15, 0.2) is 36.5 Å². The Balaban J connectivity index is 1.45.